The Morgan fingerprint density at radius 2 is 0.500 bits per heavy atom. The molecular formula is C74H141NO3. The van der Waals surface area contributed by atoms with Gasteiger partial charge in [-0.1, -0.05) is 371 Å². The summed E-state index contributed by atoms with van der Waals surface area (Å²) in [5.41, 5.74) is 0. The van der Waals surface area contributed by atoms with E-state index in [0.29, 0.717) is 6.42 Å². The highest BCUT2D eigenvalue weighted by molar-refractivity contribution is 5.76. The van der Waals surface area contributed by atoms with E-state index in [1.54, 1.807) is 6.08 Å². The molecule has 460 valence electrons. The van der Waals surface area contributed by atoms with Crippen LogP contribution in [0.25, 0.3) is 0 Å². The van der Waals surface area contributed by atoms with Crippen LogP contribution in [0, 0.1) is 0 Å². The van der Waals surface area contributed by atoms with Crippen molar-refractivity contribution >= 4 is 5.91 Å². The van der Waals surface area contributed by atoms with Crippen LogP contribution in [-0.4, -0.2) is 34.9 Å². The number of aliphatic hydroxyl groups is 2. The molecule has 2 atom stereocenters. The van der Waals surface area contributed by atoms with E-state index in [1.807, 2.05) is 6.08 Å². The highest BCUT2D eigenvalue weighted by Gasteiger charge is 2.18. The SMILES string of the molecule is CCCCCCCCCC/C=C\CCCCCCCCCCCCCCCCCCCCCCCCCCCC(=O)NC(CO)C(O)/C=C/CC/C=C/CC/C=C/CCCCCCCCCCCCCCCCCCCCC. The topological polar surface area (TPSA) is 69.6 Å². The lowest BCUT2D eigenvalue weighted by molar-refractivity contribution is -0.123. The summed E-state index contributed by atoms with van der Waals surface area (Å²) in [6.45, 7) is 4.34. The Labute approximate surface area is 490 Å². The van der Waals surface area contributed by atoms with E-state index in [-0.39, 0.29) is 12.5 Å². The van der Waals surface area contributed by atoms with Crippen LogP contribution in [0.15, 0.2) is 48.6 Å². The number of aliphatic hydroxyl groups excluding tert-OH is 2. The maximum Gasteiger partial charge on any atom is 0.220 e. The molecule has 4 nitrogen and oxygen atoms in total. The first-order valence-corrected chi connectivity index (χ1v) is 35.9. The third-order valence-electron chi connectivity index (χ3n) is 16.8. The molecule has 0 aromatic carbocycles. The van der Waals surface area contributed by atoms with Gasteiger partial charge in [-0.2, -0.15) is 0 Å². The van der Waals surface area contributed by atoms with E-state index in [2.05, 4.69) is 55.6 Å². The van der Waals surface area contributed by atoms with Crippen molar-refractivity contribution in [3.05, 3.63) is 48.6 Å². The van der Waals surface area contributed by atoms with Crippen molar-refractivity contribution in [2.75, 3.05) is 6.61 Å². The van der Waals surface area contributed by atoms with Gasteiger partial charge in [0.1, 0.15) is 0 Å². The van der Waals surface area contributed by atoms with Crippen molar-refractivity contribution < 1.29 is 15.0 Å². The minimum absolute atomic E-state index is 0.0703. The molecule has 3 N–H and O–H groups in total. The number of rotatable bonds is 67. The minimum Gasteiger partial charge on any atom is -0.394 e. The van der Waals surface area contributed by atoms with Crippen molar-refractivity contribution in [3.8, 4) is 0 Å². The fourth-order valence-corrected chi connectivity index (χ4v) is 11.3. The number of carbonyl (C=O) groups is 1. The summed E-state index contributed by atoms with van der Waals surface area (Å²) in [6, 6.07) is -0.647. The van der Waals surface area contributed by atoms with Crippen LogP contribution in [0.1, 0.15) is 399 Å². The van der Waals surface area contributed by atoms with Crippen LogP contribution in [0.5, 0.6) is 0 Å². The predicted octanol–water partition coefficient (Wildman–Crippen LogP) is 24.5. The second-order valence-corrected chi connectivity index (χ2v) is 24.6. The van der Waals surface area contributed by atoms with E-state index in [0.717, 1.165) is 38.5 Å². The second kappa shape index (κ2) is 69.6. The summed E-state index contributed by atoms with van der Waals surface area (Å²) in [7, 11) is 0. The van der Waals surface area contributed by atoms with Crippen LogP contribution in [0.4, 0.5) is 0 Å². The van der Waals surface area contributed by atoms with Crippen molar-refractivity contribution in [1.82, 2.24) is 5.32 Å². The third-order valence-corrected chi connectivity index (χ3v) is 16.8. The van der Waals surface area contributed by atoms with Gasteiger partial charge in [0.25, 0.3) is 0 Å². The van der Waals surface area contributed by atoms with E-state index in [4.69, 9.17) is 0 Å². The monoisotopic (exact) mass is 1090 g/mol. The second-order valence-electron chi connectivity index (χ2n) is 24.6. The average Bonchev–Trinajstić information content (AvgIpc) is 3.44. The summed E-state index contributed by atoms with van der Waals surface area (Å²) < 4.78 is 0. The fourth-order valence-electron chi connectivity index (χ4n) is 11.3. The zero-order valence-corrected chi connectivity index (χ0v) is 53.2. The Bertz CT molecular complexity index is 1240. The first-order chi connectivity index (χ1) is 38.7. The first kappa shape index (κ1) is 76.3. The molecule has 0 aliphatic rings. The minimum atomic E-state index is -0.872. The summed E-state index contributed by atoms with van der Waals surface area (Å²) >= 11 is 0. The number of amides is 1. The molecule has 0 bridgehead atoms. The third kappa shape index (κ3) is 65.2. The summed E-state index contributed by atoms with van der Waals surface area (Å²) in [4.78, 5) is 12.5. The highest BCUT2D eigenvalue weighted by atomic mass is 16.3. The molecule has 2 unspecified atom stereocenters. The van der Waals surface area contributed by atoms with Crippen molar-refractivity contribution in [2.45, 2.75) is 411 Å². The Hall–Kier alpha value is -1.65. The normalized spacial score (nSPS) is 12.9. The van der Waals surface area contributed by atoms with Gasteiger partial charge in [-0.3, -0.25) is 4.79 Å². The van der Waals surface area contributed by atoms with E-state index >= 15 is 0 Å². The van der Waals surface area contributed by atoms with E-state index in [9.17, 15) is 15.0 Å². The van der Waals surface area contributed by atoms with Crippen LogP contribution < -0.4 is 5.32 Å². The van der Waals surface area contributed by atoms with E-state index < -0.39 is 12.1 Å². The lowest BCUT2D eigenvalue weighted by atomic mass is 10.0. The maximum atomic E-state index is 12.5. The van der Waals surface area contributed by atoms with Gasteiger partial charge < -0.3 is 15.5 Å². The quantitative estimate of drug-likeness (QED) is 0.0420. The molecule has 1 amide bonds. The molecule has 0 radical (unpaired) electrons. The number of unbranched alkanes of at least 4 members (excludes halogenated alkanes) is 54. The zero-order chi connectivity index (χ0) is 56.2. The van der Waals surface area contributed by atoms with Crippen LogP contribution in [0.2, 0.25) is 0 Å². The van der Waals surface area contributed by atoms with Gasteiger partial charge in [-0.25, -0.2) is 0 Å². The smallest absolute Gasteiger partial charge is 0.220 e. The van der Waals surface area contributed by atoms with E-state index in [1.165, 1.54) is 340 Å². The fraction of sp³-hybridized carbons (Fsp3) is 0.878. The van der Waals surface area contributed by atoms with Gasteiger partial charge in [-0.15, -0.1) is 0 Å². The molecule has 0 heterocycles. The van der Waals surface area contributed by atoms with Gasteiger partial charge in [0, 0.05) is 6.42 Å². The zero-order valence-electron chi connectivity index (χ0n) is 53.2. The van der Waals surface area contributed by atoms with Crippen molar-refractivity contribution in [1.29, 1.82) is 0 Å². The van der Waals surface area contributed by atoms with Crippen LogP contribution >= 0.6 is 0 Å². The van der Waals surface area contributed by atoms with Crippen molar-refractivity contribution in [3.63, 3.8) is 0 Å². The standard InChI is InChI=1S/C74H141NO3/c1-3-5-7-9-11-13-15-17-19-21-23-25-27-29-31-33-34-35-36-37-38-39-40-42-44-46-48-50-52-54-56-58-60-62-64-66-68-70-74(78)75-72(71-76)73(77)69-67-65-63-61-59-57-55-53-51-49-47-45-43-41-32-30-28-26-24-22-20-18-16-14-12-10-8-6-4-2/h21,23,51,53,59,61,67,69,72-73,76-77H,3-20,22,24-50,52,54-58,60,62-66,68,70-71H2,1-2H3,(H,75,78)/b23-21-,53-51+,61-59+,69-67+. The first-order valence-electron chi connectivity index (χ1n) is 35.9. The summed E-state index contributed by atoms with van der Waals surface area (Å²) in [5, 5.41) is 23.3. The molecule has 0 fully saturated rings. The Kier molecular flexibility index (Phi) is 68.1. The maximum absolute atomic E-state index is 12.5. The lowest BCUT2D eigenvalue weighted by Gasteiger charge is -2.19. The van der Waals surface area contributed by atoms with Gasteiger partial charge in [0.15, 0.2) is 0 Å². The van der Waals surface area contributed by atoms with Gasteiger partial charge in [-0.05, 0) is 70.6 Å². The van der Waals surface area contributed by atoms with Gasteiger partial charge >= 0.3 is 0 Å². The Morgan fingerprint density at radius 3 is 0.744 bits per heavy atom. The largest absolute Gasteiger partial charge is 0.394 e. The molecule has 0 saturated heterocycles. The molecule has 78 heavy (non-hydrogen) atoms. The molecule has 0 saturated carbocycles. The Balaban J connectivity index is 3.45. The summed E-state index contributed by atoms with van der Waals surface area (Å²) in [6.07, 6.45) is 97.9. The predicted molar refractivity (Wildman–Crippen MR) is 350 cm³/mol. The molecule has 0 rings (SSSR count). The van der Waals surface area contributed by atoms with Crippen LogP contribution in [-0.2, 0) is 4.79 Å². The molecule has 0 aliphatic heterocycles. The molecule has 0 aromatic heterocycles. The van der Waals surface area contributed by atoms with Crippen LogP contribution in [0.3, 0.4) is 0 Å². The molecular weight excluding hydrogens is 951 g/mol. The number of hydrogen-bond donors (Lipinski definition) is 3. The van der Waals surface area contributed by atoms with Crippen molar-refractivity contribution in [2.24, 2.45) is 0 Å². The van der Waals surface area contributed by atoms with Gasteiger partial charge in [0.2, 0.25) is 5.91 Å². The lowest BCUT2D eigenvalue weighted by Crippen LogP contribution is -2.45. The number of nitrogens with one attached hydrogen (secondary N) is 1. The molecule has 4 heteroatoms. The van der Waals surface area contributed by atoms with Gasteiger partial charge in [0.05, 0.1) is 18.8 Å². The average molecular weight is 1090 g/mol. The number of hydrogen-bond acceptors (Lipinski definition) is 3. The summed E-state index contributed by atoms with van der Waals surface area (Å²) in [5.74, 6) is -0.0703. The number of carbonyl (C=O) groups excluding carboxylic acids is 1. The Morgan fingerprint density at radius 1 is 0.295 bits per heavy atom. The number of allylic oxidation sites excluding steroid dienone is 7. The molecule has 0 aliphatic carbocycles. The molecule has 0 aromatic rings. The highest BCUT2D eigenvalue weighted by Crippen LogP contribution is 2.19. The molecule has 0 spiro atoms.